The Morgan fingerprint density at radius 3 is 2.11 bits per heavy atom. The number of rotatable bonds is 6. The molecule has 0 fully saturated rings. The summed E-state index contributed by atoms with van der Waals surface area (Å²) in [5.41, 5.74) is 2.46. The summed E-state index contributed by atoms with van der Waals surface area (Å²) >= 11 is 0. The zero-order valence-electron chi connectivity index (χ0n) is 11.7. The molecule has 0 radical (unpaired) electrons. The quantitative estimate of drug-likeness (QED) is 0.821. The van der Waals surface area contributed by atoms with Crippen molar-refractivity contribution < 1.29 is 13.2 Å². The van der Waals surface area contributed by atoms with Gasteiger partial charge in [-0.05, 0) is 35.9 Å². The van der Waals surface area contributed by atoms with E-state index in [4.69, 9.17) is 0 Å². The van der Waals surface area contributed by atoms with E-state index in [1.54, 1.807) is 0 Å². The Labute approximate surface area is 113 Å². The van der Waals surface area contributed by atoms with Crippen LogP contribution in [0.4, 0.5) is 13.2 Å². The van der Waals surface area contributed by atoms with Gasteiger partial charge in [-0.3, -0.25) is 0 Å². The Bertz CT molecular complexity index is 368. The lowest BCUT2D eigenvalue weighted by Crippen LogP contribution is -2.32. The molecule has 1 N–H and O–H groups in total. The van der Waals surface area contributed by atoms with Crippen LogP contribution in [0.2, 0.25) is 0 Å². The molecule has 0 aliphatic rings. The number of hydrogen-bond acceptors (Lipinski definition) is 1. The van der Waals surface area contributed by atoms with Crippen molar-refractivity contribution >= 4 is 0 Å². The van der Waals surface area contributed by atoms with Gasteiger partial charge in [0.15, 0.2) is 0 Å². The molecule has 0 aliphatic carbocycles. The first-order valence-electron chi connectivity index (χ1n) is 6.64. The SMILES string of the molecule is CC(CNCC(F)(F)F)Cc1ccc(C(C)C)cc1. The molecular formula is C15H22F3N. The molecule has 0 aromatic heterocycles. The van der Waals surface area contributed by atoms with Crippen LogP contribution < -0.4 is 5.32 Å². The summed E-state index contributed by atoms with van der Waals surface area (Å²) in [6.45, 7) is 5.70. The molecule has 1 atom stereocenters. The Kier molecular flexibility index (Phi) is 5.85. The van der Waals surface area contributed by atoms with Crippen molar-refractivity contribution in [1.29, 1.82) is 0 Å². The lowest BCUT2D eigenvalue weighted by atomic mass is 9.97. The fourth-order valence-corrected chi connectivity index (χ4v) is 1.97. The third-order valence-electron chi connectivity index (χ3n) is 3.05. The third-order valence-corrected chi connectivity index (χ3v) is 3.05. The van der Waals surface area contributed by atoms with Crippen LogP contribution in [0.3, 0.4) is 0 Å². The molecule has 19 heavy (non-hydrogen) atoms. The highest BCUT2D eigenvalue weighted by Gasteiger charge is 2.26. The van der Waals surface area contributed by atoms with Gasteiger partial charge >= 0.3 is 6.18 Å². The van der Waals surface area contributed by atoms with Crippen LogP contribution in [-0.2, 0) is 6.42 Å². The zero-order chi connectivity index (χ0) is 14.5. The van der Waals surface area contributed by atoms with Crippen LogP contribution in [0, 0.1) is 5.92 Å². The predicted molar refractivity (Wildman–Crippen MR) is 72.3 cm³/mol. The monoisotopic (exact) mass is 273 g/mol. The van der Waals surface area contributed by atoms with Gasteiger partial charge in [0.25, 0.3) is 0 Å². The highest BCUT2D eigenvalue weighted by atomic mass is 19.4. The van der Waals surface area contributed by atoms with Crippen LogP contribution in [0.15, 0.2) is 24.3 Å². The van der Waals surface area contributed by atoms with Crippen molar-refractivity contribution in [2.45, 2.75) is 39.3 Å². The Balaban J connectivity index is 2.38. The molecule has 1 rings (SSSR count). The number of nitrogens with one attached hydrogen (secondary N) is 1. The third kappa shape index (κ3) is 6.62. The first kappa shape index (κ1) is 16.0. The van der Waals surface area contributed by atoms with Crippen LogP contribution in [-0.4, -0.2) is 19.3 Å². The first-order valence-corrected chi connectivity index (χ1v) is 6.64. The summed E-state index contributed by atoms with van der Waals surface area (Å²) in [5.74, 6) is 0.687. The van der Waals surface area contributed by atoms with E-state index >= 15 is 0 Å². The van der Waals surface area contributed by atoms with E-state index in [2.05, 4.69) is 43.4 Å². The lowest BCUT2D eigenvalue weighted by Gasteiger charge is -2.14. The van der Waals surface area contributed by atoms with Crippen LogP contribution in [0.5, 0.6) is 0 Å². The fraction of sp³-hybridized carbons (Fsp3) is 0.600. The second kappa shape index (κ2) is 6.94. The Morgan fingerprint density at radius 2 is 1.63 bits per heavy atom. The summed E-state index contributed by atoms with van der Waals surface area (Å²) in [6, 6.07) is 8.32. The molecule has 0 amide bonds. The van der Waals surface area contributed by atoms with Crippen molar-refractivity contribution in [3.8, 4) is 0 Å². The van der Waals surface area contributed by atoms with Gasteiger partial charge in [0.2, 0.25) is 0 Å². The van der Waals surface area contributed by atoms with Crippen LogP contribution >= 0.6 is 0 Å². The minimum absolute atomic E-state index is 0.187. The van der Waals surface area contributed by atoms with Crippen molar-refractivity contribution in [3.63, 3.8) is 0 Å². The van der Waals surface area contributed by atoms with Gasteiger partial charge in [0.05, 0.1) is 6.54 Å². The minimum Gasteiger partial charge on any atom is -0.308 e. The number of halogens is 3. The second-order valence-electron chi connectivity index (χ2n) is 5.45. The van der Waals surface area contributed by atoms with Gasteiger partial charge in [-0.2, -0.15) is 13.2 Å². The van der Waals surface area contributed by atoms with E-state index < -0.39 is 12.7 Å². The topological polar surface area (TPSA) is 12.0 Å². The lowest BCUT2D eigenvalue weighted by molar-refractivity contribution is -0.125. The van der Waals surface area contributed by atoms with Gasteiger partial charge in [0, 0.05) is 0 Å². The smallest absolute Gasteiger partial charge is 0.308 e. The van der Waals surface area contributed by atoms with Gasteiger partial charge in [0.1, 0.15) is 0 Å². The van der Waals surface area contributed by atoms with Crippen molar-refractivity contribution in [3.05, 3.63) is 35.4 Å². The maximum atomic E-state index is 12.0. The van der Waals surface area contributed by atoms with Crippen LogP contribution in [0.1, 0.15) is 37.8 Å². The van der Waals surface area contributed by atoms with Crippen molar-refractivity contribution in [2.24, 2.45) is 5.92 Å². The molecule has 1 aromatic rings. The van der Waals surface area contributed by atoms with E-state index in [-0.39, 0.29) is 5.92 Å². The Hall–Kier alpha value is -1.03. The largest absolute Gasteiger partial charge is 0.401 e. The standard InChI is InChI=1S/C15H22F3N/c1-11(2)14-6-4-13(5-7-14)8-12(3)9-19-10-15(16,17)18/h4-7,11-12,19H,8-10H2,1-3H3. The summed E-state index contributed by atoms with van der Waals surface area (Å²) in [5, 5.41) is 2.45. The molecule has 0 saturated carbocycles. The molecule has 0 spiro atoms. The van der Waals surface area contributed by atoms with E-state index in [1.807, 2.05) is 6.92 Å². The minimum atomic E-state index is -4.13. The van der Waals surface area contributed by atoms with Crippen LogP contribution in [0.25, 0.3) is 0 Å². The molecule has 1 nitrogen and oxygen atoms in total. The number of benzene rings is 1. The summed E-state index contributed by atoms with van der Waals surface area (Å²) in [6.07, 6.45) is -3.33. The van der Waals surface area contributed by atoms with Crippen molar-refractivity contribution in [1.82, 2.24) is 5.32 Å². The van der Waals surface area contributed by atoms with Crippen molar-refractivity contribution in [2.75, 3.05) is 13.1 Å². The van der Waals surface area contributed by atoms with E-state index in [0.717, 1.165) is 6.42 Å². The average molecular weight is 273 g/mol. The molecule has 1 aromatic carbocycles. The summed E-state index contributed by atoms with van der Waals surface area (Å²) in [4.78, 5) is 0. The highest BCUT2D eigenvalue weighted by molar-refractivity contribution is 5.24. The molecule has 0 bridgehead atoms. The average Bonchev–Trinajstić information content (AvgIpc) is 2.27. The first-order chi connectivity index (χ1) is 8.78. The molecule has 108 valence electrons. The maximum Gasteiger partial charge on any atom is 0.401 e. The maximum absolute atomic E-state index is 12.0. The normalized spacial score (nSPS) is 13.8. The zero-order valence-corrected chi connectivity index (χ0v) is 11.7. The van der Waals surface area contributed by atoms with E-state index in [1.165, 1.54) is 11.1 Å². The second-order valence-corrected chi connectivity index (χ2v) is 5.45. The molecule has 0 heterocycles. The summed E-state index contributed by atoms with van der Waals surface area (Å²) < 4.78 is 36.0. The predicted octanol–water partition coefficient (Wildman–Crippen LogP) is 4.14. The summed E-state index contributed by atoms with van der Waals surface area (Å²) in [7, 11) is 0. The fourth-order valence-electron chi connectivity index (χ4n) is 1.97. The molecule has 1 unspecified atom stereocenters. The Morgan fingerprint density at radius 1 is 1.05 bits per heavy atom. The number of alkyl halides is 3. The molecule has 4 heteroatoms. The highest BCUT2D eigenvalue weighted by Crippen LogP contribution is 2.17. The van der Waals surface area contributed by atoms with Gasteiger partial charge in [-0.25, -0.2) is 0 Å². The van der Waals surface area contributed by atoms with E-state index in [9.17, 15) is 13.2 Å². The van der Waals surface area contributed by atoms with E-state index in [0.29, 0.717) is 12.5 Å². The molecule has 0 saturated heterocycles. The van der Waals surface area contributed by atoms with Gasteiger partial charge in [-0.1, -0.05) is 45.0 Å². The van der Waals surface area contributed by atoms with Gasteiger partial charge < -0.3 is 5.32 Å². The van der Waals surface area contributed by atoms with Gasteiger partial charge in [-0.15, -0.1) is 0 Å². The molecular weight excluding hydrogens is 251 g/mol. The molecule has 0 aliphatic heterocycles. The number of hydrogen-bond donors (Lipinski definition) is 1.